The monoisotopic (exact) mass is 393 g/mol. The second kappa shape index (κ2) is 7.11. The van der Waals surface area contributed by atoms with Gasteiger partial charge in [0.1, 0.15) is 24.1 Å². The zero-order chi connectivity index (χ0) is 20.0. The molecule has 8 heteroatoms. The Hall–Kier alpha value is -3.00. The molecular formula is C21H23N5O3. The van der Waals surface area contributed by atoms with Crippen molar-refractivity contribution in [1.82, 2.24) is 24.6 Å². The van der Waals surface area contributed by atoms with Crippen molar-refractivity contribution in [2.45, 2.75) is 25.0 Å². The van der Waals surface area contributed by atoms with E-state index in [1.165, 1.54) is 6.33 Å². The van der Waals surface area contributed by atoms with Crippen LogP contribution in [-0.2, 0) is 0 Å². The van der Waals surface area contributed by atoms with Crippen LogP contribution < -0.4 is 4.74 Å². The van der Waals surface area contributed by atoms with E-state index in [1.807, 2.05) is 29.2 Å². The fourth-order valence-electron chi connectivity index (χ4n) is 4.83. The Balaban J connectivity index is 1.38. The van der Waals surface area contributed by atoms with Crippen LogP contribution in [0.4, 0.5) is 0 Å². The van der Waals surface area contributed by atoms with Gasteiger partial charge in [0.25, 0.3) is 5.91 Å². The van der Waals surface area contributed by atoms with Gasteiger partial charge in [0, 0.05) is 24.5 Å². The van der Waals surface area contributed by atoms with Gasteiger partial charge in [-0.1, -0.05) is 12.1 Å². The van der Waals surface area contributed by atoms with Crippen LogP contribution >= 0.6 is 0 Å². The average molecular weight is 393 g/mol. The minimum absolute atomic E-state index is 0.0877. The van der Waals surface area contributed by atoms with Gasteiger partial charge in [-0.2, -0.15) is 5.10 Å². The van der Waals surface area contributed by atoms with Crippen molar-refractivity contribution in [3.05, 3.63) is 48.7 Å². The molecule has 1 aliphatic carbocycles. The molecule has 29 heavy (non-hydrogen) atoms. The number of ether oxygens (including phenoxy) is 1. The van der Waals surface area contributed by atoms with Crippen LogP contribution in [-0.4, -0.2) is 62.0 Å². The molecule has 0 bridgehead atoms. The molecule has 8 nitrogen and oxygen atoms in total. The quantitative estimate of drug-likeness (QED) is 0.731. The maximum atomic E-state index is 13.2. The van der Waals surface area contributed by atoms with Gasteiger partial charge in [0.15, 0.2) is 0 Å². The van der Waals surface area contributed by atoms with E-state index in [4.69, 9.17) is 4.74 Å². The molecule has 1 aromatic carbocycles. The largest absolute Gasteiger partial charge is 0.496 e. The summed E-state index contributed by atoms with van der Waals surface area (Å²) >= 11 is 0. The molecule has 150 valence electrons. The van der Waals surface area contributed by atoms with E-state index in [0.717, 1.165) is 17.3 Å². The maximum Gasteiger partial charge on any atom is 0.272 e. The van der Waals surface area contributed by atoms with Gasteiger partial charge in [0.2, 0.25) is 0 Å². The second-order valence-corrected chi connectivity index (χ2v) is 7.94. The molecule has 1 amide bonds. The molecule has 2 aliphatic rings. The Labute approximate surface area is 168 Å². The van der Waals surface area contributed by atoms with Crippen molar-refractivity contribution >= 4 is 16.8 Å². The molecule has 2 aromatic heterocycles. The molecule has 4 atom stereocenters. The van der Waals surface area contributed by atoms with Crippen molar-refractivity contribution in [1.29, 1.82) is 0 Å². The molecule has 3 heterocycles. The van der Waals surface area contributed by atoms with Gasteiger partial charge in [0.05, 0.1) is 24.8 Å². The summed E-state index contributed by atoms with van der Waals surface area (Å²) in [5, 5.41) is 15.7. The summed E-state index contributed by atoms with van der Waals surface area (Å²) in [6.45, 7) is 1.31. The molecule has 0 unspecified atom stereocenters. The first-order chi connectivity index (χ1) is 14.1. The van der Waals surface area contributed by atoms with Gasteiger partial charge in [-0.05, 0) is 36.8 Å². The molecule has 1 saturated carbocycles. The first kappa shape index (κ1) is 18.1. The number of aliphatic hydroxyl groups excluding tert-OH is 1. The third kappa shape index (κ3) is 3.13. The number of aliphatic hydroxyl groups is 1. The predicted octanol–water partition coefficient (Wildman–Crippen LogP) is 1.92. The summed E-state index contributed by atoms with van der Waals surface area (Å²) < 4.78 is 7.22. The molecule has 1 aliphatic heterocycles. The lowest BCUT2D eigenvalue weighted by atomic mass is 9.77. The van der Waals surface area contributed by atoms with Gasteiger partial charge in [-0.3, -0.25) is 4.79 Å². The summed E-state index contributed by atoms with van der Waals surface area (Å²) in [6, 6.07) is 9.28. The van der Waals surface area contributed by atoms with E-state index in [9.17, 15) is 9.90 Å². The topological polar surface area (TPSA) is 93.4 Å². The van der Waals surface area contributed by atoms with Crippen LogP contribution in [0.1, 0.15) is 29.4 Å². The Morgan fingerprint density at radius 2 is 2.00 bits per heavy atom. The fraction of sp³-hybridized carbons (Fsp3) is 0.429. The molecule has 5 rings (SSSR count). The number of aromatic nitrogens is 4. The number of rotatable bonds is 3. The van der Waals surface area contributed by atoms with Crippen LogP contribution in [0.3, 0.4) is 0 Å². The fourth-order valence-corrected chi connectivity index (χ4v) is 4.83. The van der Waals surface area contributed by atoms with E-state index < -0.39 is 6.10 Å². The zero-order valence-corrected chi connectivity index (χ0v) is 16.2. The first-order valence-electron chi connectivity index (χ1n) is 9.89. The number of pyridine rings is 1. The number of amides is 1. The van der Waals surface area contributed by atoms with E-state index in [1.54, 1.807) is 24.2 Å². The van der Waals surface area contributed by atoms with Crippen molar-refractivity contribution in [2.75, 3.05) is 20.2 Å². The van der Waals surface area contributed by atoms with Gasteiger partial charge in [-0.15, -0.1) is 0 Å². The Morgan fingerprint density at radius 3 is 2.76 bits per heavy atom. The van der Waals surface area contributed by atoms with Crippen LogP contribution in [0.25, 0.3) is 10.9 Å². The summed E-state index contributed by atoms with van der Waals surface area (Å²) in [7, 11) is 1.60. The first-order valence-corrected chi connectivity index (χ1v) is 9.89. The molecule has 1 saturated heterocycles. The van der Waals surface area contributed by atoms with E-state index in [-0.39, 0.29) is 17.9 Å². The van der Waals surface area contributed by atoms with Crippen LogP contribution in [0.5, 0.6) is 5.75 Å². The van der Waals surface area contributed by atoms with E-state index >= 15 is 0 Å². The maximum absolute atomic E-state index is 13.2. The summed E-state index contributed by atoms with van der Waals surface area (Å²) in [5.41, 5.74) is 1.14. The van der Waals surface area contributed by atoms with E-state index in [0.29, 0.717) is 36.9 Å². The molecule has 0 spiro atoms. The second-order valence-electron chi connectivity index (χ2n) is 7.94. The Bertz CT molecular complexity index is 1040. The highest BCUT2D eigenvalue weighted by molar-refractivity contribution is 5.97. The smallest absolute Gasteiger partial charge is 0.272 e. The minimum atomic E-state index is -0.480. The number of likely N-dealkylation sites (tertiary alicyclic amines) is 1. The summed E-state index contributed by atoms with van der Waals surface area (Å²) in [4.78, 5) is 23.6. The lowest BCUT2D eigenvalue weighted by molar-refractivity contribution is 0.0304. The lowest BCUT2D eigenvalue weighted by Gasteiger charge is -2.34. The van der Waals surface area contributed by atoms with Crippen molar-refractivity contribution < 1.29 is 14.6 Å². The molecular weight excluding hydrogens is 370 g/mol. The number of hydrogen-bond donors (Lipinski definition) is 1. The number of benzene rings is 1. The Morgan fingerprint density at radius 1 is 1.21 bits per heavy atom. The lowest BCUT2D eigenvalue weighted by Crippen LogP contribution is -2.36. The predicted molar refractivity (Wildman–Crippen MR) is 105 cm³/mol. The standard InChI is InChI=1S/C21H23N5O3/c1-29-20-8-17(24-16-5-3-2-4-15(16)20)21(28)25-9-13-6-18(26-12-22-11-23-26)19(27)7-14(13)10-25/h2-5,8,11-14,18-19,27H,6-7,9-10H2,1H3/t13-,14+,18-,19-/m1/s1. The highest BCUT2D eigenvalue weighted by Crippen LogP contribution is 2.41. The van der Waals surface area contributed by atoms with Crippen LogP contribution in [0.15, 0.2) is 43.0 Å². The van der Waals surface area contributed by atoms with Crippen LogP contribution in [0, 0.1) is 11.8 Å². The average Bonchev–Trinajstić information content (AvgIpc) is 3.41. The Kier molecular flexibility index (Phi) is 4.43. The third-order valence-corrected chi connectivity index (χ3v) is 6.29. The number of carbonyl (C=O) groups is 1. The number of methoxy groups -OCH3 is 1. The normalized spacial score (nSPS) is 26.5. The van der Waals surface area contributed by atoms with E-state index in [2.05, 4.69) is 15.1 Å². The SMILES string of the molecule is COc1cc(C(=O)N2C[C@H]3C[C@@H](n4cncn4)[C@H](O)C[C@H]3C2)nc2ccccc12. The summed E-state index contributed by atoms with van der Waals surface area (Å²) in [6.07, 6.45) is 4.10. The third-order valence-electron chi connectivity index (χ3n) is 6.29. The number of nitrogens with zero attached hydrogens (tertiary/aromatic N) is 5. The van der Waals surface area contributed by atoms with Gasteiger partial charge in [-0.25, -0.2) is 14.6 Å². The van der Waals surface area contributed by atoms with Crippen molar-refractivity contribution in [2.24, 2.45) is 11.8 Å². The van der Waals surface area contributed by atoms with Crippen LogP contribution in [0.2, 0.25) is 0 Å². The number of para-hydroxylation sites is 1. The highest BCUT2D eigenvalue weighted by Gasteiger charge is 2.44. The minimum Gasteiger partial charge on any atom is -0.496 e. The molecule has 0 radical (unpaired) electrons. The summed E-state index contributed by atoms with van der Waals surface area (Å²) in [5.74, 6) is 1.18. The molecule has 1 N–H and O–H groups in total. The number of fused-ring (bicyclic) bond motifs is 2. The van der Waals surface area contributed by atoms with Gasteiger partial charge >= 0.3 is 0 Å². The zero-order valence-electron chi connectivity index (χ0n) is 16.2. The van der Waals surface area contributed by atoms with Crippen molar-refractivity contribution in [3.8, 4) is 5.75 Å². The van der Waals surface area contributed by atoms with Crippen molar-refractivity contribution in [3.63, 3.8) is 0 Å². The highest BCUT2D eigenvalue weighted by atomic mass is 16.5. The number of hydrogen-bond acceptors (Lipinski definition) is 6. The molecule has 2 fully saturated rings. The van der Waals surface area contributed by atoms with Gasteiger partial charge < -0.3 is 14.7 Å². The number of carbonyl (C=O) groups excluding carboxylic acids is 1. The molecule has 3 aromatic rings.